The first-order valence-electron chi connectivity index (χ1n) is 10.8. The fourth-order valence-electron chi connectivity index (χ4n) is 3.61. The topological polar surface area (TPSA) is 88.9 Å². The molecular weight excluding hydrogens is 433 g/mol. The van der Waals surface area contributed by atoms with E-state index in [4.69, 9.17) is 0 Å². The van der Waals surface area contributed by atoms with Crippen LogP contribution in [0.5, 0.6) is 0 Å². The minimum Gasteiger partial charge on any atom is -0.332 e. The van der Waals surface area contributed by atoms with E-state index in [0.717, 1.165) is 16.5 Å². The zero-order chi connectivity index (χ0) is 24.1. The summed E-state index contributed by atoms with van der Waals surface area (Å²) in [6, 6.07) is 15.2. The van der Waals surface area contributed by atoms with Crippen LogP contribution in [0, 0.1) is 5.82 Å². The van der Waals surface area contributed by atoms with Crippen LogP contribution in [0.4, 0.5) is 15.9 Å². The Morgan fingerprint density at radius 1 is 1.09 bits per heavy atom. The lowest BCUT2D eigenvalue weighted by atomic mass is 10.2. The first-order valence-corrected chi connectivity index (χ1v) is 10.8. The van der Waals surface area contributed by atoms with Crippen LogP contribution in [0.1, 0.15) is 36.3 Å². The third kappa shape index (κ3) is 5.17. The Morgan fingerprint density at radius 3 is 2.65 bits per heavy atom. The first-order chi connectivity index (χ1) is 16.4. The van der Waals surface area contributed by atoms with Crippen LogP contribution < -0.4 is 10.6 Å². The van der Waals surface area contributed by atoms with Crippen molar-refractivity contribution in [3.05, 3.63) is 95.8 Å². The number of allylic oxidation sites excluding steroid dienone is 1. The van der Waals surface area contributed by atoms with E-state index in [-0.39, 0.29) is 24.2 Å². The summed E-state index contributed by atoms with van der Waals surface area (Å²) in [5.74, 6) is -0.507. The number of carbonyl (C=O) groups excluding carboxylic acids is 2. The van der Waals surface area contributed by atoms with Gasteiger partial charge in [-0.3, -0.25) is 9.59 Å². The molecule has 0 spiro atoms. The largest absolute Gasteiger partial charge is 0.332 e. The van der Waals surface area contributed by atoms with Crippen LogP contribution in [-0.2, 0) is 11.3 Å². The van der Waals surface area contributed by atoms with E-state index in [1.165, 1.54) is 18.6 Å². The van der Waals surface area contributed by atoms with E-state index in [1.54, 1.807) is 47.0 Å². The van der Waals surface area contributed by atoms with E-state index < -0.39 is 0 Å². The molecule has 172 valence electrons. The van der Waals surface area contributed by atoms with Crippen LogP contribution in [0.25, 0.3) is 10.9 Å². The third-order valence-corrected chi connectivity index (χ3v) is 5.46. The molecule has 2 heterocycles. The van der Waals surface area contributed by atoms with Crippen molar-refractivity contribution in [1.82, 2.24) is 14.5 Å². The van der Waals surface area contributed by atoms with Crippen molar-refractivity contribution in [2.24, 2.45) is 0 Å². The number of carbonyl (C=O) groups is 2. The van der Waals surface area contributed by atoms with Gasteiger partial charge < -0.3 is 15.2 Å². The minimum atomic E-state index is -0.388. The molecule has 8 heteroatoms. The lowest BCUT2D eigenvalue weighted by molar-refractivity contribution is -0.115. The van der Waals surface area contributed by atoms with E-state index in [1.807, 2.05) is 26.0 Å². The second-order valence-corrected chi connectivity index (χ2v) is 7.89. The molecule has 2 aromatic heterocycles. The average Bonchev–Trinajstić information content (AvgIpc) is 3.18. The van der Waals surface area contributed by atoms with Crippen molar-refractivity contribution in [1.29, 1.82) is 0 Å². The number of fused-ring (bicyclic) bond motifs is 1. The molecular formula is C26H24FN5O2. The molecule has 2 aromatic carbocycles. The molecule has 0 bridgehead atoms. The number of amides is 2. The van der Waals surface area contributed by atoms with E-state index in [9.17, 15) is 14.0 Å². The molecule has 0 saturated heterocycles. The predicted octanol–water partition coefficient (Wildman–Crippen LogP) is 5.17. The van der Waals surface area contributed by atoms with Gasteiger partial charge >= 0.3 is 0 Å². The van der Waals surface area contributed by atoms with Gasteiger partial charge in [0.15, 0.2) is 0 Å². The highest BCUT2D eigenvalue weighted by molar-refractivity contribution is 6.06. The Hall–Kier alpha value is -4.33. The number of hydrogen-bond acceptors (Lipinski definition) is 4. The predicted molar refractivity (Wildman–Crippen MR) is 130 cm³/mol. The van der Waals surface area contributed by atoms with E-state index in [0.29, 0.717) is 29.2 Å². The quantitative estimate of drug-likeness (QED) is 0.375. The molecule has 34 heavy (non-hydrogen) atoms. The van der Waals surface area contributed by atoms with Crippen LogP contribution in [0.3, 0.4) is 0 Å². The Kier molecular flexibility index (Phi) is 6.77. The maximum Gasteiger partial charge on any atom is 0.273 e. The highest BCUT2D eigenvalue weighted by Crippen LogP contribution is 2.26. The van der Waals surface area contributed by atoms with E-state index >= 15 is 0 Å². The lowest BCUT2D eigenvalue weighted by Crippen LogP contribution is -2.18. The van der Waals surface area contributed by atoms with Gasteiger partial charge in [-0.2, -0.15) is 0 Å². The lowest BCUT2D eigenvalue weighted by Gasteiger charge is -2.12. The van der Waals surface area contributed by atoms with Gasteiger partial charge in [0.1, 0.15) is 23.7 Å². The number of aromatic nitrogens is 3. The summed E-state index contributed by atoms with van der Waals surface area (Å²) < 4.78 is 16.2. The Labute approximate surface area is 196 Å². The standard InChI is InChI=1S/C26H24FN5O2/c1-3-17(2)12-25(33)30-20-8-9-22-19(13-20)14-23(26(34)31-24-10-11-28-16-29-24)32(22)15-18-6-4-5-7-21(18)27/h3-11,13-14,16H,12,15H2,1-2H3,(H,30,33)(H,28,29,31,34)/b17-3+. The van der Waals surface area contributed by atoms with Crippen molar-refractivity contribution >= 4 is 34.2 Å². The van der Waals surface area contributed by atoms with Gasteiger partial charge in [0.2, 0.25) is 5.91 Å². The molecule has 0 unspecified atom stereocenters. The monoisotopic (exact) mass is 457 g/mol. The molecule has 0 aliphatic heterocycles. The third-order valence-electron chi connectivity index (χ3n) is 5.46. The Morgan fingerprint density at radius 2 is 1.91 bits per heavy atom. The maximum absolute atomic E-state index is 14.4. The highest BCUT2D eigenvalue weighted by atomic mass is 19.1. The molecule has 0 atom stereocenters. The zero-order valence-electron chi connectivity index (χ0n) is 18.9. The highest BCUT2D eigenvalue weighted by Gasteiger charge is 2.18. The Balaban J connectivity index is 1.71. The van der Waals surface area contributed by atoms with Gasteiger partial charge in [-0.05, 0) is 50.2 Å². The normalized spacial score (nSPS) is 11.4. The second kappa shape index (κ2) is 10.1. The number of halogens is 1. The number of benzene rings is 2. The SMILES string of the molecule is C/C=C(\C)CC(=O)Nc1ccc2c(c1)cc(C(=O)Nc1ccncn1)n2Cc1ccccc1F. The number of nitrogens with one attached hydrogen (secondary N) is 2. The molecule has 0 aliphatic carbocycles. The Bertz CT molecular complexity index is 1380. The molecule has 4 rings (SSSR count). The summed E-state index contributed by atoms with van der Waals surface area (Å²) in [5.41, 5.74) is 3.12. The first kappa shape index (κ1) is 22.8. The summed E-state index contributed by atoms with van der Waals surface area (Å²) in [6.45, 7) is 3.95. The zero-order valence-corrected chi connectivity index (χ0v) is 18.9. The second-order valence-electron chi connectivity index (χ2n) is 7.89. The van der Waals surface area contributed by atoms with Gasteiger partial charge in [0, 0.05) is 34.8 Å². The summed E-state index contributed by atoms with van der Waals surface area (Å²) in [5, 5.41) is 6.38. The summed E-state index contributed by atoms with van der Waals surface area (Å²) in [7, 11) is 0. The van der Waals surface area contributed by atoms with Crippen LogP contribution >= 0.6 is 0 Å². The molecule has 2 N–H and O–H groups in total. The maximum atomic E-state index is 14.4. The fraction of sp³-hybridized carbons (Fsp3) is 0.154. The molecule has 0 saturated carbocycles. The van der Waals surface area contributed by atoms with Gasteiger partial charge in [-0.1, -0.05) is 29.8 Å². The van der Waals surface area contributed by atoms with Crippen LogP contribution in [-0.4, -0.2) is 26.3 Å². The summed E-state index contributed by atoms with van der Waals surface area (Å²) in [4.78, 5) is 33.3. The molecule has 4 aromatic rings. The number of rotatable bonds is 7. The molecule has 0 fully saturated rings. The van der Waals surface area contributed by atoms with Gasteiger partial charge in [-0.25, -0.2) is 14.4 Å². The molecule has 2 amide bonds. The van der Waals surface area contributed by atoms with Crippen molar-refractivity contribution < 1.29 is 14.0 Å². The fourth-order valence-corrected chi connectivity index (χ4v) is 3.61. The van der Waals surface area contributed by atoms with Crippen molar-refractivity contribution in [3.63, 3.8) is 0 Å². The summed E-state index contributed by atoms with van der Waals surface area (Å²) in [6.07, 6.45) is 5.07. The van der Waals surface area contributed by atoms with Gasteiger partial charge in [0.05, 0.1) is 6.54 Å². The van der Waals surface area contributed by atoms with E-state index in [2.05, 4.69) is 20.6 Å². The average molecular weight is 458 g/mol. The smallest absolute Gasteiger partial charge is 0.273 e. The van der Waals surface area contributed by atoms with Crippen LogP contribution in [0.2, 0.25) is 0 Å². The molecule has 0 aliphatic rings. The number of hydrogen-bond donors (Lipinski definition) is 2. The van der Waals surface area contributed by atoms with Gasteiger partial charge in [-0.15, -0.1) is 0 Å². The van der Waals surface area contributed by atoms with Crippen molar-refractivity contribution in [2.75, 3.05) is 10.6 Å². The number of nitrogens with zero attached hydrogens (tertiary/aromatic N) is 3. The van der Waals surface area contributed by atoms with Crippen LogP contribution in [0.15, 0.2) is 78.8 Å². The summed E-state index contributed by atoms with van der Waals surface area (Å²) >= 11 is 0. The number of anilines is 2. The van der Waals surface area contributed by atoms with Crippen molar-refractivity contribution in [2.45, 2.75) is 26.8 Å². The minimum absolute atomic E-state index is 0.123. The van der Waals surface area contributed by atoms with Gasteiger partial charge in [0.25, 0.3) is 5.91 Å². The molecule has 0 radical (unpaired) electrons. The van der Waals surface area contributed by atoms with Crippen molar-refractivity contribution in [3.8, 4) is 0 Å². The molecule has 7 nitrogen and oxygen atoms in total.